The van der Waals surface area contributed by atoms with E-state index in [0.717, 1.165) is 27.7 Å². The van der Waals surface area contributed by atoms with Crippen LogP contribution in [0.2, 0.25) is 0 Å². The molecule has 0 heterocycles. The van der Waals surface area contributed by atoms with E-state index in [1.165, 1.54) is 0 Å². The number of fused-ring (bicyclic) bond motifs is 1. The summed E-state index contributed by atoms with van der Waals surface area (Å²) in [5.74, 6) is 0.259. The molecule has 0 aliphatic carbocycles. The lowest BCUT2D eigenvalue weighted by molar-refractivity contribution is 0.481. The van der Waals surface area contributed by atoms with Crippen molar-refractivity contribution in [2.24, 2.45) is 10.2 Å². The Morgan fingerprint density at radius 3 is 2.40 bits per heavy atom. The summed E-state index contributed by atoms with van der Waals surface area (Å²) >= 11 is 0. The first kappa shape index (κ1) is 12.4. The van der Waals surface area contributed by atoms with Gasteiger partial charge < -0.3 is 5.11 Å². The summed E-state index contributed by atoms with van der Waals surface area (Å²) in [6, 6.07) is 18.9. The van der Waals surface area contributed by atoms with Crippen LogP contribution >= 0.6 is 0 Å². The van der Waals surface area contributed by atoms with Crippen LogP contribution in [0, 0.1) is 6.92 Å². The monoisotopic (exact) mass is 262 g/mol. The van der Waals surface area contributed by atoms with Gasteiger partial charge in [-0.2, -0.15) is 5.11 Å². The molecular weight excluding hydrogens is 248 g/mol. The molecule has 0 fully saturated rings. The Balaban J connectivity index is 2.05. The van der Waals surface area contributed by atoms with Crippen LogP contribution in [0.5, 0.6) is 5.75 Å². The van der Waals surface area contributed by atoms with E-state index in [2.05, 4.69) is 10.2 Å². The number of aryl methyl sites for hydroxylation is 1. The van der Waals surface area contributed by atoms with Crippen molar-refractivity contribution < 1.29 is 5.11 Å². The second kappa shape index (κ2) is 5.13. The van der Waals surface area contributed by atoms with Gasteiger partial charge in [-0.15, -0.1) is 5.11 Å². The predicted molar refractivity (Wildman–Crippen MR) is 81.0 cm³/mol. The minimum atomic E-state index is 0.259. The molecule has 3 aromatic carbocycles. The molecule has 98 valence electrons. The van der Waals surface area contributed by atoms with Gasteiger partial charge in [-0.25, -0.2) is 0 Å². The number of phenolic OH excluding ortho intramolecular Hbond substituents is 1. The summed E-state index contributed by atoms with van der Waals surface area (Å²) in [7, 11) is 0. The molecule has 0 atom stereocenters. The summed E-state index contributed by atoms with van der Waals surface area (Å²) in [5, 5.41) is 20.1. The van der Waals surface area contributed by atoms with Gasteiger partial charge in [-0.3, -0.25) is 0 Å². The van der Waals surface area contributed by atoms with Crippen LogP contribution in [0.1, 0.15) is 5.56 Å². The van der Waals surface area contributed by atoms with Crippen molar-refractivity contribution in [3.8, 4) is 5.75 Å². The van der Waals surface area contributed by atoms with Gasteiger partial charge in [-0.1, -0.05) is 36.4 Å². The summed E-state index contributed by atoms with van der Waals surface area (Å²) in [4.78, 5) is 0. The van der Waals surface area contributed by atoms with Crippen molar-refractivity contribution in [3.63, 3.8) is 0 Å². The third kappa shape index (κ3) is 2.38. The Kier molecular flexibility index (Phi) is 3.17. The number of phenols is 1. The lowest BCUT2D eigenvalue weighted by atomic mass is 10.1. The van der Waals surface area contributed by atoms with Gasteiger partial charge >= 0.3 is 0 Å². The number of hydrogen-bond acceptors (Lipinski definition) is 3. The van der Waals surface area contributed by atoms with Gasteiger partial charge in [0.15, 0.2) is 0 Å². The first-order valence-electron chi connectivity index (χ1n) is 6.43. The fourth-order valence-corrected chi connectivity index (χ4v) is 2.16. The lowest BCUT2D eigenvalue weighted by Gasteiger charge is -2.03. The van der Waals surface area contributed by atoms with E-state index in [4.69, 9.17) is 0 Å². The highest BCUT2D eigenvalue weighted by Gasteiger charge is 2.03. The third-order valence-electron chi connectivity index (χ3n) is 3.15. The molecule has 0 aliphatic rings. The first-order chi connectivity index (χ1) is 9.74. The average Bonchev–Trinajstić information content (AvgIpc) is 2.47. The van der Waals surface area contributed by atoms with Crippen molar-refractivity contribution in [2.45, 2.75) is 6.92 Å². The standard InChI is InChI=1S/C17H14N2O/c1-12-5-4-6-13(11-12)18-19-16-9-10-17(20)15-8-3-2-7-14(15)16/h2-11,20H,1H3. The first-order valence-corrected chi connectivity index (χ1v) is 6.43. The highest BCUT2D eigenvalue weighted by Crippen LogP contribution is 2.33. The highest BCUT2D eigenvalue weighted by atomic mass is 16.3. The van der Waals surface area contributed by atoms with E-state index in [1.807, 2.05) is 55.5 Å². The number of aromatic hydroxyl groups is 1. The third-order valence-corrected chi connectivity index (χ3v) is 3.15. The van der Waals surface area contributed by atoms with Crippen LogP contribution in [0.4, 0.5) is 11.4 Å². The Labute approximate surface area is 117 Å². The molecule has 0 saturated heterocycles. The SMILES string of the molecule is Cc1cccc(N=Nc2ccc(O)c3ccccc23)c1. The van der Waals surface area contributed by atoms with Crippen molar-refractivity contribution in [3.05, 3.63) is 66.2 Å². The van der Waals surface area contributed by atoms with Gasteiger partial charge in [0.05, 0.1) is 11.4 Å². The molecule has 3 aromatic rings. The molecule has 0 spiro atoms. The smallest absolute Gasteiger partial charge is 0.123 e. The van der Waals surface area contributed by atoms with Crippen LogP contribution in [0.15, 0.2) is 70.9 Å². The topological polar surface area (TPSA) is 45.0 Å². The van der Waals surface area contributed by atoms with E-state index in [0.29, 0.717) is 0 Å². The molecular formula is C17H14N2O. The Morgan fingerprint density at radius 1 is 0.800 bits per heavy atom. The van der Waals surface area contributed by atoms with Crippen LogP contribution in [-0.4, -0.2) is 5.11 Å². The van der Waals surface area contributed by atoms with E-state index in [-0.39, 0.29) is 5.75 Å². The van der Waals surface area contributed by atoms with Crippen LogP contribution in [-0.2, 0) is 0 Å². The zero-order valence-electron chi connectivity index (χ0n) is 11.1. The zero-order valence-corrected chi connectivity index (χ0v) is 11.1. The quantitative estimate of drug-likeness (QED) is 0.628. The fourth-order valence-electron chi connectivity index (χ4n) is 2.16. The van der Waals surface area contributed by atoms with Crippen LogP contribution < -0.4 is 0 Å². The van der Waals surface area contributed by atoms with E-state index >= 15 is 0 Å². The Hall–Kier alpha value is -2.68. The number of azo groups is 1. The average molecular weight is 262 g/mol. The minimum absolute atomic E-state index is 0.259. The van der Waals surface area contributed by atoms with Crippen molar-refractivity contribution in [1.82, 2.24) is 0 Å². The van der Waals surface area contributed by atoms with Crippen molar-refractivity contribution in [1.29, 1.82) is 0 Å². The second-order valence-electron chi connectivity index (χ2n) is 4.69. The van der Waals surface area contributed by atoms with Gasteiger partial charge in [-0.05, 0) is 36.8 Å². The van der Waals surface area contributed by atoms with Crippen LogP contribution in [0.3, 0.4) is 0 Å². The van der Waals surface area contributed by atoms with Gasteiger partial charge in [0.25, 0.3) is 0 Å². The molecule has 0 unspecified atom stereocenters. The van der Waals surface area contributed by atoms with Crippen molar-refractivity contribution in [2.75, 3.05) is 0 Å². The Morgan fingerprint density at radius 2 is 1.60 bits per heavy atom. The summed E-state index contributed by atoms with van der Waals surface area (Å²) in [6.45, 7) is 2.02. The Bertz CT molecular complexity index is 794. The summed E-state index contributed by atoms with van der Waals surface area (Å²) in [6.07, 6.45) is 0. The largest absolute Gasteiger partial charge is 0.507 e. The van der Waals surface area contributed by atoms with Crippen molar-refractivity contribution >= 4 is 22.1 Å². The molecule has 0 saturated carbocycles. The minimum Gasteiger partial charge on any atom is -0.507 e. The normalized spacial score (nSPS) is 11.2. The van der Waals surface area contributed by atoms with E-state index in [1.54, 1.807) is 12.1 Å². The molecule has 0 bridgehead atoms. The van der Waals surface area contributed by atoms with Gasteiger partial charge in [0, 0.05) is 10.8 Å². The molecule has 0 aromatic heterocycles. The molecule has 20 heavy (non-hydrogen) atoms. The summed E-state index contributed by atoms with van der Waals surface area (Å²) in [5.41, 5.74) is 2.72. The van der Waals surface area contributed by atoms with Gasteiger partial charge in [0.1, 0.15) is 5.75 Å². The maximum atomic E-state index is 9.85. The number of hydrogen-bond donors (Lipinski definition) is 1. The zero-order chi connectivity index (χ0) is 13.9. The van der Waals surface area contributed by atoms with Crippen LogP contribution in [0.25, 0.3) is 10.8 Å². The maximum absolute atomic E-state index is 9.85. The number of nitrogens with zero attached hydrogens (tertiary/aromatic N) is 2. The second-order valence-corrected chi connectivity index (χ2v) is 4.69. The molecule has 3 nitrogen and oxygen atoms in total. The number of rotatable bonds is 2. The molecule has 0 amide bonds. The molecule has 3 rings (SSSR count). The van der Waals surface area contributed by atoms with Gasteiger partial charge in [0.2, 0.25) is 0 Å². The maximum Gasteiger partial charge on any atom is 0.123 e. The highest BCUT2D eigenvalue weighted by molar-refractivity contribution is 5.96. The molecule has 0 radical (unpaired) electrons. The lowest BCUT2D eigenvalue weighted by Crippen LogP contribution is -1.75. The fraction of sp³-hybridized carbons (Fsp3) is 0.0588. The predicted octanol–water partition coefficient (Wildman–Crippen LogP) is 5.27. The molecule has 1 N–H and O–H groups in total. The summed E-state index contributed by atoms with van der Waals surface area (Å²) < 4.78 is 0. The van der Waals surface area contributed by atoms with E-state index in [9.17, 15) is 5.11 Å². The number of benzene rings is 3. The van der Waals surface area contributed by atoms with E-state index < -0.39 is 0 Å². The molecule has 0 aliphatic heterocycles. The molecule has 3 heteroatoms.